The Kier molecular flexibility index (Phi) is 4.92. The first-order valence-corrected chi connectivity index (χ1v) is 5.95. The maximum Gasteiger partial charge on any atom is 0.415 e. The normalized spacial score (nSPS) is 10.7. The summed E-state index contributed by atoms with van der Waals surface area (Å²) < 4.78 is 10.4. The molecule has 0 N–H and O–H groups in total. The number of carbonyl (C=O) groups is 2. The third kappa shape index (κ3) is 4.62. The molecule has 0 heterocycles. The summed E-state index contributed by atoms with van der Waals surface area (Å²) in [6.45, 7) is 5.25. The number of amides is 1. The topological polar surface area (TPSA) is 55.8 Å². The predicted molar refractivity (Wildman–Crippen MR) is 72.6 cm³/mol. The first-order valence-electron chi connectivity index (χ1n) is 5.95. The molecule has 0 spiro atoms. The molecule has 0 saturated carbocycles. The molecule has 5 nitrogen and oxygen atoms in total. The van der Waals surface area contributed by atoms with Crippen LogP contribution in [0.4, 0.5) is 10.5 Å². The average molecular weight is 265 g/mol. The van der Waals surface area contributed by atoms with Crippen molar-refractivity contribution in [3.8, 4) is 5.75 Å². The predicted octanol–water partition coefficient (Wildman–Crippen LogP) is 2.64. The van der Waals surface area contributed by atoms with E-state index < -0.39 is 11.7 Å². The van der Waals surface area contributed by atoms with Crippen molar-refractivity contribution in [3.63, 3.8) is 0 Å². The largest absolute Gasteiger partial charge is 0.497 e. The van der Waals surface area contributed by atoms with E-state index in [2.05, 4.69) is 0 Å². The summed E-state index contributed by atoms with van der Waals surface area (Å²) >= 11 is 0. The summed E-state index contributed by atoms with van der Waals surface area (Å²) in [6.07, 6.45) is 0.0940. The molecular weight excluding hydrogens is 246 g/mol. The van der Waals surface area contributed by atoms with Crippen molar-refractivity contribution in [1.82, 2.24) is 0 Å². The van der Waals surface area contributed by atoms with Gasteiger partial charge in [-0.1, -0.05) is 6.07 Å². The van der Waals surface area contributed by atoms with Crippen LogP contribution in [0.5, 0.6) is 5.75 Å². The second-order valence-electron chi connectivity index (χ2n) is 4.96. The number of anilines is 1. The van der Waals surface area contributed by atoms with Crippen LogP contribution in [0.3, 0.4) is 0 Å². The van der Waals surface area contributed by atoms with E-state index in [0.717, 1.165) is 0 Å². The molecule has 1 rings (SSSR count). The SMILES string of the molecule is COc1cccc(N(CC=O)C(=O)OC(C)(C)C)c1. The second-order valence-corrected chi connectivity index (χ2v) is 4.96. The van der Waals surface area contributed by atoms with E-state index in [1.54, 1.807) is 45.0 Å². The van der Waals surface area contributed by atoms with Gasteiger partial charge in [0, 0.05) is 6.07 Å². The maximum atomic E-state index is 12.1. The summed E-state index contributed by atoms with van der Waals surface area (Å²) in [5.41, 5.74) is -0.0578. The molecule has 0 unspecified atom stereocenters. The third-order valence-electron chi connectivity index (χ3n) is 2.24. The fourth-order valence-electron chi connectivity index (χ4n) is 1.46. The fraction of sp³-hybridized carbons (Fsp3) is 0.429. The number of methoxy groups -OCH3 is 1. The highest BCUT2D eigenvalue weighted by atomic mass is 16.6. The smallest absolute Gasteiger partial charge is 0.415 e. The van der Waals surface area contributed by atoms with E-state index in [1.807, 2.05) is 0 Å². The van der Waals surface area contributed by atoms with Crippen molar-refractivity contribution in [1.29, 1.82) is 0 Å². The van der Waals surface area contributed by atoms with Crippen LogP contribution in [-0.4, -0.2) is 31.6 Å². The molecule has 5 heteroatoms. The molecule has 1 aromatic carbocycles. The van der Waals surface area contributed by atoms with Crippen molar-refractivity contribution in [2.45, 2.75) is 26.4 Å². The minimum absolute atomic E-state index is 0.0674. The number of ether oxygens (including phenoxy) is 2. The van der Waals surface area contributed by atoms with Gasteiger partial charge in [-0.3, -0.25) is 4.90 Å². The van der Waals surface area contributed by atoms with Gasteiger partial charge >= 0.3 is 6.09 Å². The molecule has 19 heavy (non-hydrogen) atoms. The molecule has 0 radical (unpaired) electrons. The lowest BCUT2D eigenvalue weighted by atomic mass is 10.2. The van der Waals surface area contributed by atoms with E-state index >= 15 is 0 Å². The number of benzene rings is 1. The minimum atomic E-state index is -0.614. The van der Waals surface area contributed by atoms with E-state index in [4.69, 9.17) is 9.47 Å². The van der Waals surface area contributed by atoms with Crippen molar-refractivity contribution < 1.29 is 19.1 Å². The van der Waals surface area contributed by atoms with Gasteiger partial charge in [0.2, 0.25) is 0 Å². The van der Waals surface area contributed by atoms with Gasteiger partial charge in [-0.15, -0.1) is 0 Å². The molecule has 0 fully saturated rings. The number of hydrogen-bond donors (Lipinski definition) is 0. The summed E-state index contributed by atoms with van der Waals surface area (Å²) in [5.74, 6) is 0.608. The molecule has 0 bridgehead atoms. The van der Waals surface area contributed by atoms with Gasteiger partial charge in [0.25, 0.3) is 0 Å². The summed E-state index contributed by atoms with van der Waals surface area (Å²) in [5, 5.41) is 0. The van der Waals surface area contributed by atoms with Crippen LogP contribution >= 0.6 is 0 Å². The third-order valence-corrected chi connectivity index (χ3v) is 2.24. The van der Waals surface area contributed by atoms with E-state index in [1.165, 1.54) is 12.0 Å². The number of hydrogen-bond acceptors (Lipinski definition) is 4. The molecule has 0 saturated heterocycles. The van der Waals surface area contributed by atoms with E-state index in [-0.39, 0.29) is 6.54 Å². The highest BCUT2D eigenvalue weighted by Gasteiger charge is 2.23. The second kappa shape index (κ2) is 6.22. The number of aldehydes is 1. The Bertz CT molecular complexity index is 451. The van der Waals surface area contributed by atoms with Crippen LogP contribution < -0.4 is 9.64 Å². The minimum Gasteiger partial charge on any atom is -0.497 e. The zero-order valence-corrected chi connectivity index (χ0v) is 11.7. The first-order chi connectivity index (χ1) is 8.87. The number of rotatable bonds is 4. The molecule has 0 aliphatic heterocycles. The molecule has 0 atom stereocenters. The van der Waals surface area contributed by atoms with Crippen LogP contribution in [0.25, 0.3) is 0 Å². The Morgan fingerprint density at radius 3 is 2.58 bits per heavy atom. The Morgan fingerprint density at radius 1 is 1.37 bits per heavy atom. The van der Waals surface area contributed by atoms with Crippen LogP contribution in [-0.2, 0) is 9.53 Å². The summed E-state index contributed by atoms with van der Waals surface area (Å²) in [7, 11) is 1.54. The Labute approximate surface area is 113 Å². The molecule has 0 aliphatic rings. The Balaban J connectivity index is 2.98. The van der Waals surface area contributed by atoms with Gasteiger partial charge in [0.05, 0.1) is 19.3 Å². The van der Waals surface area contributed by atoms with Gasteiger partial charge < -0.3 is 14.3 Å². The van der Waals surface area contributed by atoms with Crippen molar-refractivity contribution in [2.75, 3.05) is 18.6 Å². The van der Waals surface area contributed by atoms with E-state index in [0.29, 0.717) is 17.7 Å². The van der Waals surface area contributed by atoms with Crippen LogP contribution in [0.15, 0.2) is 24.3 Å². The maximum absolute atomic E-state index is 12.1. The lowest BCUT2D eigenvalue weighted by molar-refractivity contribution is -0.106. The van der Waals surface area contributed by atoms with Gasteiger partial charge in [0.15, 0.2) is 0 Å². The average Bonchev–Trinajstić information content (AvgIpc) is 2.33. The van der Waals surface area contributed by atoms with Crippen molar-refractivity contribution in [3.05, 3.63) is 24.3 Å². The zero-order chi connectivity index (χ0) is 14.5. The highest BCUT2D eigenvalue weighted by molar-refractivity contribution is 5.91. The lowest BCUT2D eigenvalue weighted by Crippen LogP contribution is -2.38. The Morgan fingerprint density at radius 2 is 2.05 bits per heavy atom. The molecule has 0 aromatic heterocycles. The fourth-order valence-corrected chi connectivity index (χ4v) is 1.46. The van der Waals surface area contributed by atoms with Crippen molar-refractivity contribution in [2.24, 2.45) is 0 Å². The zero-order valence-electron chi connectivity index (χ0n) is 11.7. The standard InChI is InChI=1S/C14H19NO4/c1-14(2,3)19-13(17)15(8-9-16)11-6-5-7-12(10-11)18-4/h5-7,9-10H,8H2,1-4H3. The summed E-state index contributed by atoms with van der Waals surface area (Å²) in [4.78, 5) is 24.0. The number of nitrogens with zero attached hydrogens (tertiary/aromatic N) is 1. The number of carbonyl (C=O) groups excluding carboxylic acids is 2. The van der Waals surface area contributed by atoms with Gasteiger partial charge in [-0.25, -0.2) is 4.79 Å². The molecule has 0 aliphatic carbocycles. The van der Waals surface area contributed by atoms with Crippen molar-refractivity contribution >= 4 is 18.1 Å². The quantitative estimate of drug-likeness (QED) is 0.785. The summed E-state index contributed by atoms with van der Waals surface area (Å²) in [6, 6.07) is 6.90. The lowest BCUT2D eigenvalue weighted by Gasteiger charge is -2.26. The van der Waals surface area contributed by atoms with Gasteiger partial charge in [0.1, 0.15) is 17.6 Å². The Hall–Kier alpha value is -2.04. The molecule has 1 aromatic rings. The molecule has 1 amide bonds. The van der Waals surface area contributed by atoms with Crippen LogP contribution in [0, 0.1) is 0 Å². The van der Waals surface area contributed by atoms with Gasteiger partial charge in [-0.2, -0.15) is 0 Å². The highest BCUT2D eigenvalue weighted by Crippen LogP contribution is 2.22. The van der Waals surface area contributed by atoms with Crippen LogP contribution in [0.2, 0.25) is 0 Å². The van der Waals surface area contributed by atoms with Crippen LogP contribution in [0.1, 0.15) is 20.8 Å². The first kappa shape index (κ1) is 15.0. The van der Waals surface area contributed by atoms with Gasteiger partial charge in [-0.05, 0) is 32.9 Å². The molecular formula is C14H19NO4. The molecule has 104 valence electrons. The van der Waals surface area contributed by atoms with E-state index in [9.17, 15) is 9.59 Å². The monoisotopic (exact) mass is 265 g/mol.